The standard InChI is InChI=1S/C9H10F2.C3H8/c1-6-3-4-7(2)8(5-6)9(10)11;1-3-2/h3-5,9H,1-2H3;3H2,1-2H3. The maximum absolute atomic E-state index is 12.2. The highest BCUT2D eigenvalue weighted by atomic mass is 19.3. The Hall–Kier alpha value is -0.920. The van der Waals surface area contributed by atoms with Crippen LogP contribution in [0.25, 0.3) is 0 Å². The molecule has 0 N–H and O–H groups in total. The smallest absolute Gasteiger partial charge is 0.205 e. The van der Waals surface area contributed by atoms with Crippen LogP contribution in [0.3, 0.4) is 0 Å². The molecule has 0 nitrogen and oxygen atoms in total. The molecule has 0 bridgehead atoms. The summed E-state index contributed by atoms with van der Waals surface area (Å²) in [7, 11) is 0. The molecule has 0 spiro atoms. The van der Waals surface area contributed by atoms with Gasteiger partial charge in [0.25, 0.3) is 6.43 Å². The molecule has 2 heteroatoms. The van der Waals surface area contributed by atoms with Crippen LogP contribution in [-0.2, 0) is 0 Å². The van der Waals surface area contributed by atoms with Crippen LogP contribution < -0.4 is 0 Å². The average Bonchev–Trinajstić information content (AvgIpc) is 2.10. The summed E-state index contributed by atoms with van der Waals surface area (Å²) in [6, 6.07) is 5.08. The van der Waals surface area contributed by atoms with E-state index in [2.05, 4.69) is 13.8 Å². The van der Waals surface area contributed by atoms with Crippen LogP contribution in [-0.4, -0.2) is 0 Å². The summed E-state index contributed by atoms with van der Waals surface area (Å²) in [5.74, 6) is 0. The van der Waals surface area contributed by atoms with Gasteiger partial charge in [0.1, 0.15) is 0 Å². The van der Waals surface area contributed by atoms with E-state index in [0.29, 0.717) is 5.56 Å². The summed E-state index contributed by atoms with van der Waals surface area (Å²) in [6.07, 6.45) is -1.10. The highest BCUT2D eigenvalue weighted by Gasteiger charge is 2.09. The molecular weight excluding hydrogens is 182 g/mol. The summed E-state index contributed by atoms with van der Waals surface area (Å²) in [5, 5.41) is 0. The van der Waals surface area contributed by atoms with Crippen molar-refractivity contribution in [3.8, 4) is 0 Å². The molecule has 14 heavy (non-hydrogen) atoms. The molecule has 0 aliphatic heterocycles. The Morgan fingerprint density at radius 2 is 1.64 bits per heavy atom. The molecule has 0 atom stereocenters. The summed E-state index contributed by atoms with van der Waals surface area (Å²) < 4.78 is 24.4. The Balaban J connectivity index is 0.000000500. The van der Waals surface area contributed by atoms with Gasteiger partial charge >= 0.3 is 0 Å². The second-order valence-corrected chi connectivity index (χ2v) is 3.37. The van der Waals surface area contributed by atoms with Crippen LogP contribution in [0.4, 0.5) is 8.78 Å². The lowest BCUT2D eigenvalue weighted by molar-refractivity contribution is 0.150. The van der Waals surface area contributed by atoms with Crippen LogP contribution in [0.1, 0.15) is 43.4 Å². The van der Waals surface area contributed by atoms with Gasteiger partial charge in [-0.25, -0.2) is 8.78 Å². The lowest BCUT2D eigenvalue weighted by atomic mass is 10.1. The summed E-state index contributed by atoms with van der Waals surface area (Å²) in [5.41, 5.74) is 1.68. The van der Waals surface area contributed by atoms with Crippen molar-refractivity contribution in [1.82, 2.24) is 0 Å². The van der Waals surface area contributed by atoms with Crippen LogP contribution >= 0.6 is 0 Å². The van der Waals surface area contributed by atoms with Gasteiger partial charge in [-0.15, -0.1) is 0 Å². The van der Waals surface area contributed by atoms with E-state index >= 15 is 0 Å². The summed E-state index contributed by atoms with van der Waals surface area (Å²) in [6.45, 7) is 7.76. The Labute approximate surface area is 85.0 Å². The fourth-order valence-corrected chi connectivity index (χ4v) is 0.995. The van der Waals surface area contributed by atoms with Gasteiger partial charge in [0.05, 0.1) is 0 Å². The Morgan fingerprint density at radius 1 is 1.14 bits per heavy atom. The molecule has 0 aromatic heterocycles. The maximum Gasteiger partial charge on any atom is 0.264 e. The summed E-state index contributed by atoms with van der Waals surface area (Å²) >= 11 is 0. The van der Waals surface area contributed by atoms with Gasteiger partial charge < -0.3 is 0 Å². The zero-order chi connectivity index (χ0) is 11.1. The van der Waals surface area contributed by atoms with Crippen molar-refractivity contribution in [2.24, 2.45) is 0 Å². The SMILES string of the molecule is CCC.Cc1ccc(C)c(C(F)F)c1. The van der Waals surface area contributed by atoms with Gasteiger partial charge in [-0.3, -0.25) is 0 Å². The molecule has 0 saturated heterocycles. The largest absolute Gasteiger partial charge is 0.264 e. The first-order valence-corrected chi connectivity index (χ1v) is 4.88. The van der Waals surface area contributed by atoms with Gasteiger partial charge in [-0.1, -0.05) is 44.0 Å². The topological polar surface area (TPSA) is 0 Å². The quantitative estimate of drug-likeness (QED) is 0.618. The molecule has 80 valence electrons. The van der Waals surface area contributed by atoms with Crippen LogP contribution in [0.5, 0.6) is 0 Å². The third-order valence-corrected chi connectivity index (χ3v) is 1.67. The predicted octanol–water partition coefficient (Wildman–Crippen LogP) is 4.66. The molecule has 0 amide bonds. The minimum Gasteiger partial charge on any atom is -0.205 e. The first-order chi connectivity index (χ1) is 6.52. The molecule has 0 aliphatic carbocycles. The summed E-state index contributed by atoms with van der Waals surface area (Å²) in [4.78, 5) is 0. The first kappa shape index (κ1) is 13.1. The van der Waals surface area contributed by atoms with E-state index in [1.165, 1.54) is 12.5 Å². The van der Waals surface area contributed by atoms with E-state index in [0.717, 1.165) is 5.56 Å². The van der Waals surface area contributed by atoms with Gasteiger partial charge in [-0.2, -0.15) is 0 Å². The molecule has 0 saturated carbocycles. The number of benzene rings is 1. The van der Waals surface area contributed by atoms with E-state index in [1.807, 2.05) is 13.0 Å². The lowest BCUT2D eigenvalue weighted by Gasteiger charge is -2.04. The fraction of sp³-hybridized carbons (Fsp3) is 0.500. The van der Waals surface area contributed by atoms with Crippen molar-refractivity contribution in [2.75, 3.05) is 0 Å². The molecule has 0 unspecified atom stereocenters. The van der Waals surface area contributed by atoms with Crippen molar-refractivity contribution in [1.29, 1.82) is 0 Å². The van der Waals surface area contributed by atoms with Crippen LogP contribution in [0.15, 0.2) is 18.2 Å². The molecule has 0 aliphatic rings. The zero-order valence-electron chi connectivity index (χ0n) is 9.27. The average molecular weight is 200 g/mol. The molecule has 1 aromatic rings. The number of hydrogen-bond donors (Lipinski definition) is 0. The second-order valence-electron chi connectivity index (χ2n) is 3.37. The van der Waals surface area contributed by atoms with Crippen LogP contribution in [0.2, 0.25) is 0 Å². The number of alkyl halides is 2. The third kappa shape index (κ3) is 4.35. The number of aryl methyl sites for hydroxylation is 2. The molecule has 1 rings (SSSR count). The van der Waals surface area contributed by atoms with E-state index in [9.17, 15) is 8.78 Å². The number of rotatable bonds is 1. The van der Waals surface area contributed by atoms with Crippen LogP contribution in [0, 0.1) is 13.8 Å². The maximum atomic E-state index is 12.2. The first-order valence-electron chi connectivity index (χ1n) is 4.88. The van der Waals surface area contributed by atoms with Crippen molar-refractivity contribution >= 4 is 0 Å². The zero-order valence-corrected chi connectivity index (χ0v) is 9.27. The normalized spacial score (nSPS) is 9.64. The van der Waals surface area contributed by atoms with E-state index in [-0.39, 0.29) is 5.56 Å². The van der Waals surface area contributed by atoms with Crippen molar-refractivity contribution < 1.29 is 8.78 Å². The highest BCUT2D eigenvalue weighted by Crippen LogP contribution is 2.22. The molecule has 1 aromatic carbocycles. The predicted molar refractivity (Wildman–Crippen MR) is 56.8 cm³/mol. The molecule has 0 heterocycles. The third-order valence-electron chi connectivity index (χ3n) is 1.67. The monoisotopic (exact) mass is 200 g/mol. The number of halogens is 2. The lowest BCUT2D eigenvalue weighted by Crippen LogP contribution is -1.89. The van der Waals surface area contributed by atoms with Gasteiger partial charge in [0.15, 0.2) is 0 Å². The minimum atomic E-state index is -2.35. The van der Waals surface area contributed by atoms with Gasteiger partial charge in [0.2, 0.25) is 0 Å². The number of hydrogen-bond acceptors (Lipinski definition) is 0. The van der Waals surface area contributed by atoms with E-state index in [4.69, 9.17) is 0 Å². The Kier molecular flexibility index (Phi) is 6.09. The van der Waals surface area contributed by atoms with E-state index in [1.54, 1.807) is 13.0 Å². The van der Waals surface area contributed by atoms with Crippen molar-refractivity contribution in [3.05, 3.63) is 34.9 Å². The second kappa shape index (κ2) is 6.52. The minimum absolute atomic E-state index is 0.144. The molecule has 0 fully saturated rings. The molecule has 0 radical (unpaired) electrons. The van der Waals surface area contributed by atoms with E-state index < -0.39 is 6.43 Å². The fourth-order valence-electron chi connectivity index (χ4n) is 0.995. The van der Waals surface area contributed by atoms with Crippen molar-refractivity contribution in [3.63, 3.8) is 0 Å². The van der Waals surface area contributed by atoms with Crippen molar-refractivity contribution in [2.45, 2.75) is 40.5 Å². The van der Waals surface area contributed by atoms with Gasteiger partial charge in [0, 0.05) is 5.56 Å². The highest BCUT2D eigenvalue weighted by molar-refractivity contribution is 5.31. The van der Waals surface area contributed by atoms with Gasteiger partial charge in [-0.05, 0) is 19.4 Å². The Morgan fingerprint density at radius 3 is 2.00 bits per heavy atom. The molecular formula is C12H18F2. The Bertz CT molecular complexity index is 267.